The maximum absolute atomic E-state index is 9.26. The molecule has 1 aromatic rings. The molecule has 5 heteroatoms. The summed E-state index contributed by atoms with van der Waals surface area (Å²) in [5.74, 6) is -0.351. The van der Waals surface area contributed by atoms with Crippen molar-refractivity contribution >= 4 is 40.9 Å². The van der Waals surface area contributed by atoms with Crippen LogP contribution in [0.5, 0.6) is 0 Å². The molecule has 1 heterocycles. The molecule has 0 unspecified atom stereocenters. The quantitative estimate of drug-likeness (QED) is 0.601. The van der Waals surface area contributed by atoms with E-state index >= 15 is 0 Å². The molecule has 1 aromatic heterocycles. The van der Waals surface area contributed by atoms with E-state index in [9.17, 15) is 5.11 Å². The van der Waals surface area contributed by atoms with Crippen molar-refractivity contribution < 1.29 is 5.11 Å². The van der Waals surface area contributed by atoms with Gasteiger partial charge in [-0.3, -0.25) is 4.98 Å². The zero-order valence-electron chi connectivity index (χ0n) is 6.42. The Bertz CT molecular complexity index is 305. The minimum Gasteiger partial charge on any atom is -0.508 e. The number of aliphatic hydroxyl groups is 1. The minimum atomic E-state index is -1.79. The van der Waals surface area contributed by atoms with Crippen LogP contribution < -0.4 is 0 Å². The normalized spacial score (nSPS) is 13.0. The van der Waals surface area contributed by atoms with E-state index in [4.69, 9.17) is 34.8 Å². The van der Waals surface area contributed by atoms with Crippen molar-refractivity contribution in [2.45, 2.75) is 3.79 Å². The molecule has 0 saturated carbocycles. The van der Waals surface area contributed by atoms with Crippen molar-refractivity contribution in [3.05, 3.63) is 35.8 Å². The molecule has 0 fully saturated rings. The van der Waals surface area contributed by atoms with Gasteiger partial charge >= 0.3 is 0 Å². The highest BCUT2D eigenvalue weighted by atomic mass is 35.6. The second kappa shape index (κ2) is 4.18. The zero-order valence-corrected chi connectivity index (χ0v) is 8.68. The smallest absolute Gasteiger partial charge is 0.247 e. The Balaban J connectivity index is 2.90. The van der Waals surface area contributed by atoms with Gasteiger partial charge < -0.3 is 5.11 Å². The van der Waals surface area contributed by atoms with E-state index in [0.29, 0.717) is 5.69 Å². The number of nitrogens with zero attached hydrogens (tertiary/aromatic N) is 1. The van der Waals surface area contributed by atoms with Gasteiger partial charge in [-0.15, -0.1) is 0 Å². The maximum Gasteiger partial charge on any atom is 0.247 e. The SMILES string of the molecule is OC(=Cc1ccccn1)C(Cl)(Cl)Cl. The van der Waals surface area contributed by atoms with E-state index in [1.165, 1.54) is 6.08 Å². The molecule has 0 aromatic carbocycles. The monoisotopic (exact) mass is 237 g/mol. The Labute approximate surface area is 90.8 Å². The molecule has 0 aliphatic carbocycles. The van der Waals surface area contributed by atoms with Crippen molar-refractivity contribution in [3.63, 3.8) is 0 Å². The first kappa shape index (κ1) is 10.6. The second-order valence-electron chi connectivity index (χ2n) is 2.28. The third-order valence-electron chi connectivity index (χ3n) is 1.26. The summed E-state index contributed by atoms with van der Waals surface area (Å²) in [6, 6.07) is 5.21. The van der Waals surface area contributed by atoms with E-state index in [0.717, 1.165) is 0 Å². The van der Waals surface area contributed by atoms with Crippen LogP contribution in [0.15, 0.2) is 30.2 Å². The predicted octanol–water partition coefficient (Wildman–Crippen LogP) is 3.35. The molecule has 0 saturated heterocycles. The molecule has 13 heavy (non-hydrogen) atoms. The molecule has 2 nitrogen and oxygen atoms in total. The summed E-state index contributed by atoms with van der Waals surface area (Å²) < 4.78 is -1.79. The highest BCUT2D eigenvalue weighted by Crippen LogP contribution is 2.33. The standard InChI is InChI=1S/C8H6Cl3NO/c9-8(10,11)7(13)5-6-3-1-2-4-12-6/h1-5,13H. The lowest BCUT2D eigenvalue weighted by Crippen LogP contribution is -2.05. The van der Waals surface area contributed by atoms with Crippen molar-refractivity contribution in [2.24, 2.45) is 0 Å². The molecule has 1 N–H and O–H groups in total. The lowest BCUT2D eigenvalue weighted by Gasteiger charge is -2.08. The van der Waals surface area contributed by atoms with E-state index in [2.05, 4.69) is 4.98 Å². The number of rotatable bonds is 1. The molecule has 0 bridgehead atoms. The predicted molar refractivity (Wildman–Crippen MR) is 55.1 cm³/mol. The average molecular weight is 239 g/mol. The Hall–Kier alpha value is -0.440. The van der Waals surface area contributed by atoms with Crippen LogP contribution in [0.25, 0.3) is 6.08 Å². The topological polar surface area (TPSA) is 33.1 Å². The molecule has 0 radical (unpaired) electrons. The minimum absolute atomic E-state index is 0.351. The van der Waals surface area contributed by atoms with Crippen LogP contribution in [0.4, 0.5) is 0 Å². The molecule has 0 aliphatic heterocycles. The molecular weight excluding hydrogens is 232 g/mol. The number of hydrogen-bond donors (Lipinski definition) is 1. The number of alkyl halides is 3. The van der Waals surface area contributed by atoms with Crippen molar-refractivity contribution in [2.75, 3.05) is 0 Å². The maximum atomic E-state index is 9.26. The second-order valence-corrected chi connectivity index (χ2v) is 4.56. The van der Waals surface area contributed by atoms with Gasteiger partial charge in [-0.25, -0.2) is 0 Å². The number of halogens is 3. The Kier molecular flexibility index (Phi) is 3.42. The fourth-order valence-corrected chi connectivity index (χ4v) is 0.847. The first-order valence-electron chi connectivity index (χ1n) is 3.39. The van der Waals surface area contributed by atoms with Crippen LogP contribution in [0.3, 0.4) is 0 Å². The highest BCUT2D eigenvalue weighted by Gasteiger charge is 2.25. The summed E-state index contributed by atoms with van der Waals surface area (Å²) >= 11 is 16.3. The van der Waals surface area contributed by atoms with Gasteiger partial charge in [0, 0.05) is 12.3 Å². The lowest BCUT2D eigenvalue weighted by atomic mass is 10.3. The fraction of sp³-hybridized carbons (Fsp3) is 0.125. The summed E-state index contributed by atoms with van der Waals surface area (Å²) in [5, 5.41) is 9.26. The van der Waals surface area contributed by atoms with Gasteiger partial charge in [0.1, 0.15) is 5.76 Å². The van der Waals surface area contributed by atoms with E-state index < -0.39 is 3.79 Å². The van der Waals surface area contributed by atoms with Crippen LogP contribution in [0, 0.1) is 0 Å². The third-order valence-corrected chi connectivity index (χ3v) is 1.84. The number of allylic oxidation sites excluding steroid dienone is 1. The summed E-state index contributed by atoms with van der Waals surface area (Å²) in [5.41, 5.74) is 0.534. The number of aliphatic hydroxyl groups excluding tert-OH is 1. The molecule has 70 valence electrons. The molecular formula is C8H6Cl3NO. The van der Waals surface area contributed by atoms with Crippen LogP contribution in [-0.4, -0.2) is 13.9 Å². The van der Waals surface area contributed by atoms with Crippen molar-refractivity contribution in [3.8, 4) is 0 Å². The molecule has 0 atom stereocenters. The zero-order chi connectivity index (χ0) is 9.90. The molecule has 0 amide bonds. The van der Waals surface area contributed by atoms with Crippen LogP contribution in [-0.2, 0) is 0 Å². The Morgan fingerprint density at radius 1 is 1.38 bits per heavy atom. The Morgan fingerprint density at radius 2 is 2.08 bits per heavy atom. The highest BCUT2D eigenvalue weighted by molar-refractivity contribution is 6.69. The summed E-state index contributed by atoms with van der Waals surface area (Å²) in [4.78, 5) is 3.92. The molecule has 0 spiro atoms. The molecule has 0 aliphatic rings. The van der Waals surface area contributed by atoms with Crippen molar-refractivity contribution in [1.82, 2.24) is 4.98 Å². The van der Waals surface area contributed by atoms with Gasteiger partial charge in [0.25, 0.3) is 0 Å². The number of hydrogen-bond acceptors (Lipinski definition) is 2. The number of aromatic nitrogens is 1. The van der Waals surface area contributed by atoms with Crippen LogP contribution >= 0.6 is 34.8 Å². The van der Waals surface area contributed by atoms with E-state index in [-0.39, 0.29) is 5.76 Å². The fourth-order valence-electron chi connectivity index (χ4n) is 0.683. The van der Waals surface area contributed by atoms with Crippen molar-refractivity contribution in [1.29, 1.82) is 0 Å². The van der Waals surface area contributed by atoms with Gasteiger partial charge in [0.2, 0.25) is 3.79 Å². The first-order chi connectivity index (χ1) is 6.00. The Morgan fingerprint density at radius 3 is 2.54 bits per heavy atom. The van der Waals surface area contributed by atoms with Gasteiger partial charge in [-0.05, 0) is 12.1 Å². The van der Waals surface area contributed by atoms with E-state index in [1.807, 2.05) is 0 Å². The van der Waals surface area contributed by atoms with Crippen LogP contribution in [0.1, 0.15) is 5.69 Å². The van der Waals surface area contributed by atoms with E-state index in [1.54, 1.807) is 24.4 Å². The lowest BCUT2D eigenvalue weighted by molar-refractivity contribution is 0.407. The van der Waals surface area contributed by atoms with Gasteiger partial charge in [0.15, 0.2) is 0 Å². The first-order valence-corrected chi connectivity index (χ1v) is 4.52. The summed E-state index contributed by atoms with van der Waals surface area (Å²) in [6.07, 6.45) is 2.88. The van der Waals surface area contributed by atoms with Gasteiger partial charge in [-0.2, -0.15) is 0 Å². The average Bonchev–Trinajstić information content (AvgIpc) is 2.04. The third kappa shape index (κ3) is 3.43. The largest absolute Gasteiger partial charge is 0.508 e. The summed E-state index contributed by atoms with van der Waals surface area (Å²) in [7, 11) is 0. The van der Waals surface area contributed by atoms with Gasteiger partial charge in [-0.1, -0.05) is 40.9 Å². The van der Waals surface area contributed by atoms with Gasteiger partial charge in [0.05, 0.1) is 5.69 Å². The van der Waals surface area contributed by atoms with Crippen LogP contribution in [0.2, 0.25) is 0 Å². The molecule has 1 rings (SSSR count). The summed E-state index contributed by atoms with van der Waals surface area (Å²) in [6.45, 7) is 0. The number of pyridine rings is 1.